The first-order valence-corrected chi connectivity index (χ1v) is 13.5. The standard InChI is InChI=1S/C33H37FN2O2/c1-4-28(37)17-11-12-22-36-31(23(2)3)30(33(38)35-27-15-9-6-10-16-27)29(24-13-7-5-8-14-24)32(36)25-18-20-26(34)21-19-25/h5-10,13-16,18-21,23,28,37H,4,11-12,17,22H2,1-3H3,(H,35,38). The van der Waals surface area contributed by atoms with Crippen molar-refractivity contribution in [1.29, 1.82) is 0 Å². The van der Waals surface area contributed by atoms with E-state index in [0.717, 1.165) is 59.4 Å². The minimum absolute atomic E-state index is 0.0596. The number of aromatic nitrogens is 1. The lowest BCUT2D eigenvalue weighted by Gasteiger charge is -2.18. The Bertz CT molecular complexity index is 1330. The molecule has 5 heteroatoms. The van der Waals surface area contributed by atoms with Gasteiger partial charge in [0.1, 0.15) is 5.82 Å². The third-order valence-corrected chi connectivity index (χ3v) is 6.93. The number of hydrogen-bond donors (Lipinski definition) is 2. The first kappa shape index (κ1) is 27.3. The van der Waals surface area contributed by atoms with Gasteiger partial charge in [-0.1, -0.05) is 69.3 Å². The van der Waals surface area contributed by atoms with E-state index in [1.54, 1.807) is 12.1 Å². The Morgan fingerprint density at radius 2 is 1.53 bits per heavy atom. The molecule has 0 saturated heterocycles. The van der Waals surface area contributed by atoms with Gasteiger partial charge in [0.25, 0.3) is 5.91 Å². The second-order valence-electron chi connectivity index (χ2n) is 10.0. The molecule has 4 aromatic rings. The number of halogens is 1. The molecule has 0 aliphatic carbocycles. The number of anilines is 1. The molecule has 0 fully saturated rings. The SMILES string of the molecule is CCC(O)CCCCn1c(-c2ccc(F)cc2)c(-c2ccccc2)c(C(=O)Nc2ccccc2)c1C(C)C. The van der Waals surface area contributed by atoms with E-state index in [0.29, 0.717) is 12.1 Å². The van der Waals surface area contributed by atoms with Crippen molar-refractivity contribution < 1.29 is 14.3 Å². The van der Waals surface area contributed by atoms with Crippen LogP contribution in [0.2, 0.25) is 0 Å². The van der Waals surface area contributed by atoms with Crippen LogP contribution in [0.3, 0.4) is 0 Å². The van der Waals surface area contributed by atoms with Crippen LogP contribution < -0.4 is 5.32 Å². The highest BCUT2D eigenvalue weighted by molar-refractivity contribution is 6.12. The smallest absolute Gasteiger partial charge is 0.258 e. The Kier molecular flexibility index (Phi) is 9.14. The monoisotopic (exact) mass is 512 g/mol. The van der Waals surface area contributed by atoms with Crippen molar-refractivity contribution in [3.63, 3.8) is 0 Å². The molecule has 1 heterocycles. The predicted molar refractivity (Wildman–Crippen MR) is 154 cm³/mol. The van der Waals surface area contributed by atoms with Crippen LogP contribution in [0.5, 0.6) is 0 Å². The van der Waals surface area contributed by atoms with Crippen LogP contribution >= 0.6 is 0 Å². The molecule has 0 bridgehead atoms. The Morgan fingerprint density at radius 1 is 0.895 bits per heavy atom. The molecular formula is C33H37FN2O2. The summed E-state index contributed by atoms with van der Waals surface area (Å²) < 4.78 is 16.2. The number of carbonyl (C=O) groups excluding carboxylic acids is 1. The van der Waals surface area contributed by atoms with Crippen molar-refractivity contribution in [1.82, 2.24) is 4.57 Å². The fourth-order valence-electron chi connectivity index (χ4n) is 5.06. The highest BCUT2D eigenvalue weighted by atomic mass is 19.1. The van der Waals surface area contributed by atoms with E-state index in [2.05, 4.69) is 23.7 Å². The van der Waals surface area contributed by atoms with Gasteiger partial charge in [-0.05, 0) is 79.1 Å². The Balaban J connectivity index is 1.93. The molecule has 3 aromatic carbocycles. The van der Waals surface area contributed by atoms with Gasteiger partial charge in [0.2, 0.25) is 0 Å². The third kappa shape index (κ3) is 6.22. The summed E-state index contributed by atoms with van der Waals surface area (Å²) in [6.07, 6.45) is 2.91. The summed E-state index contributed by atoms with van der Waals surface area (Å²) in [4.78, 5) is 14.0. The number of para-hydroxylation sites is 1. The number of aliphatic hydroxyl groups is 1. The zero-order valence-corrected chi connectivity index (χ0v) is 22.5. The molecule has 0 saturated carbocycles. The molecule has 4 rings (SSSR count). The van der Waals surface area contributed by atoms with Gasteiger partial charge in [-0.2, -0.15) is 0 Å². The van der Waals surface area contributed by atoms with Crippen LogP contribution in [-0.4, -0.2) is 21.7 Å². The maximum absolute atomic E-state index is 14.0. The van der Waals surface area contributed by atoms with Gasteiger partial charge in [-0.25, -0.2) is 4.39 Å². The highest BCUT2D eigenvalue weighted by Gasteiger charge is 2.30. The predicted octanol–water partition coefficient (Wildman–Crippen LogP) is 8.28. The third-order valence-electron chi connectivity index (χ3n) is 6.93. The lowest BCUT2D eigenvalue weighted by Crippen LogP contribution is -2.16. The van der Waals surface area contributed by atoms with Crippen molar-refractivity contribution in [3.05, 3.63) is 102 Å². The van der Waals surface area contributed by atoms with E-state index in [-0.39, 0.29) is 23.7 Å². The summed E-state index contributed by atoms with van der Waals surface area (Å²) in [6.45, 7) is 6.89. The molecule has 2 N–H and O–H groups in total. The van der Waals surface area contributed by atoms with E-state index >= 15 is 0 Å². The van der Waals surface area contributed by atoms with Gasteiger partial charge in [0, 0.05) is 23.5 Å². The zero-order valence-electron chi connectivity index (χ0n) is 22.5. The quantitative estimate of drug-likeness (QED) is 0.199. The maximum Gasteiger partial charge on any atom is 0.258 e. The van der Waals surface area contributed by atoms with Gasteiger partial charge in [-0.3, -0.25) is 4.79 Å². The number of aliphatic hydroxyl groups excluding tert-OH is 1. The summed E-state index contributed by atoms with van der Waals surface area (Å²) in [6, 6.07) is 26.0. The summed E-state index contributed by atoms with van der Waals surface area (Å²) in [5.74, 6) is -0.403. The van der Waals surface area contributed by atoms with Crippen molar-refractivity contribution in [2.45, 2.75) is 65.0 Å². The molecule has 1 amide bonds. The summed E-state index contributed by atoms with van der Waals surface area (Å²) in [5.41, 5.74) is 5.88. The zero-order chi connectivity index (χ0) is 27.1. The van der Waals surface area contributed by atoms with E-state index in [1.165, 1.54) is 12.1 Å². The van der Waals surface area contributed by atoms with Crippen LogP contribution in [0.15, 0.2) is 84.9 Å². The molecule has 0 aliphatic heterocycles. The number of hydrogen-bond acceptors (Lipinski definition) is 2. The van der Waals surface area contributed by atoms with Crippen LogP contribution in [-0.2, 0) is 6.54 Å². The first-order valence-electron chi connectivity index (χ1n) is 13.5. The summed E-state index contributed by atoms with van der Waals surface area (Å²) >= 11 is 0. The average Bonchev–Trinajstić information content (AvgIpc) is 3.28. The van der Waals surface area contributed by atoms with Gasteiger partial charge in [0.05, 0.1) is 17.4 Å². The van der Waals surface area contributed by atoms with E-state index in [1.807, 2.05) is 67.6 Å². The summed E-state index contributed by atoms with van der Waals surface area (Å²) in [5, 5.41) is 13.2. The average molecular weight is 513 g/mol. The second-order valence-corrected chi connectivity index (χ2v) is 10.0. The number of rotatable bonds is 11. The lowest BCUT2D eigenvalue weighted by molar-refractivity contribution is 0.102. The van der Waals surface area contributed by atoms with E-state index < -0.39 is 0 Å². The van der Waals surface area contributed by atoms with Gasteiger partial charge in [-0.15, -0.1) is 0 Å². The minimum atomic E-state index is -0.298. The van der Waals surface area contributed by atoms with Crippen LogP contribution in [0.1, 0.15) is 68.4 Å². The Hall–Kier alpha value is -3.70. The fraction of sp³-hybridized carbons (Fsp3) is 0.303. The Labute approximate surface area is 225 Å². The molecule has 1 atom stereocenters. The molecule has 1 unspecified atom stereocenters. The van der Waals surface area contributed by atoms with Gasteiger partial charge < -0.3 is 15.0 Å². The van der Waals surface area contributed by atoms with Crippen LogP contribution in [0.4, 0.5) is 10.1 Å². The van der Waals surface area contributed by atoms with Crippen LogP contribution in [0.25, 0.3) is 22.4 Å². The molecule has 38 heavy (non-hydrogen) atoms. The van der Waals surface area contributed by atoms with Crippen LogP contribution in [0, 0.1) is 5.82 Å². The van der Waals surface area contributed by atoms with Crippen molar-refractivity contribution in [2.24, 2.45) is 0 Å². The summed E-state index contributed by atoms with van der Waals surface area (Å²) in [7, 11) is 0. The maximum atomic E-state index is 14.0. The number of nitrogens with one attached hydrogen (secondary N) is 1. The number of nitrogens with zero attached hydrogens (tertiary/aromatic N) is 1. The largest absolute Gasteiger partial charge is 0.393 e. The molecule has 1 aromatic heterocycles. The van der Waals surface area contributed by atoms with E-state index in [4.69, 9.17) is 0 Å². The molecular weight excluding hydrogens is 475 g/mol. The van der Waals surface area contributed by atoms with Gasteiger partial charge in [0.15, 0.2) is 0 Å². The normalized spacial score (nSPS) is 12.1. The number of benzene rings is 3. The van der Waals surface area contributed by atoms with Crippen molar-refractivity contribution in [3.8, 4) is 22.4 Å². The van der Waals surface area contributed by atoms with Crippen molar-refractivity contribution in [2.75, 3.05) is 5.32 Å². The molecule has 198 valence electrons. The topological polar surface area (TPSA) is 54.3 Å². The number of carbonyl (C=O) groups is 1. The minimum Gasteiger partial charge on any atom is -0.393 e. The second kappa shape index (κ2) is 12.7. The van der Waals surface area contributed by atoms with Crippen molar-refractivity contribution >= 4 is 11.6 Å². The number of unbranched alkanes of at least 4 members (excludes halogenated alkanes) is 1. The lowest BCUT2D eigenvalue weighted by atomic mass is 9.94. The van der Waals surface area contributed by atoms with Gasteiger partial charge >= 0.3 is 0 Å². The molecule has 0 radical (unpaired) electrons. The Morgan fingerprint density at radius 3 is 2.13 bits per heavy atom. The van der Waals surface area contributed by atoms with E-state index in [9.17, 15) is 14.3 Å². The fourth-order valence-corrected chi connectivity index (χ4v) is 5.06. The molecule has 0 aliphatic rings. The highest BCUT2D eigenvalue weighted by Crippen LogP contribution is 2.42. The molecule has 0 spiro atoms. The first-order chi connectivity index (χ1) is 18.4. The number of amides is 1. The molecule has 4 nitrogen and oxygen atoms in total.